The van der Waals surface area contributed by atoms with E-state index < -0.39 is 97.5 Å². The molecule has 0 aliphatic heterocycles. The van der Waals surface area contributed by atoms with Gasteiger partial charge in [0.1, 0.15) is 19.3 Å². The Morgan fingerprint density at radius 3 is 0.696 bits per heavy atom. The summed E-state index contributed by atoms with van der Waals surface area (Å²) in [6, 6.07) is 0. The predicted molar refractivity (Wildman–Crippen MR) is 418 cm³/mol. The van der Waals surface area contributed by atoms with Crippen molar-refractivity contribution in [1.29, 1.82) is 0 Å². The molecule has 606 valence electrons. The molecule has 0 aromatic heterocycles. The third kappa shape index (κ3) is 73.6. The number of aliphatic hydroxyl groups excluding tert-OH is 1. The summed E-state index contributed by atoms with van der Waals surface area (Å²) in [7, 11) is -9.92. The van der Waals surface area contributed by atoms with Gasteiger partial charge in [-0.3, -0.25) is 37.3 Å². The maximum absolute atomic E-state index is 13.1. The molecule has 0 bridgehead atoms. The number of unbranched alkanes of at least 4 members (excludes halogenated alkanes) is 44. The minimum Gasteiger partial charge on any atom is -0.462 e. The Hall–Kier alpha value is -1.94. The van der Waals surface area contributed by atoms with Crippen LogP contribution >= 0.6 is 15.6 Å². The van der Waals surface area contributed by atoms with Crippen LogP contribution < -0.4 is 0 Å². The lowest BCUT2D eigenvalue weighted by molar-refractivity contribution is -0.161. The summed E-state index contributed by atoms with van der Waals surface area (Å²) in [5.74, 6) is 0.977. The summed E-state index contributed by atoms with van der Waals surface area (Å²) in [4.78, 5) is 73.0. The van der Waals surface area contributed by atoms with Gasteiger partial charge in [0, 0.05) is 25.7 Å². The van der Waals surface area contributed by atoms with Crippen molar-refractivity contribution in [3.63, 3.8) is 0 Å². The molecule has 0 heterocycles. The molecule has 102 heavy (non-hydrogen) atoms. The average Bonchev–Trinajstić information content (AvgIpc) is 0.918. The van der Waals surface area contributed by atoms with Gasteiger partial charge in [-0.1, -0.05) is 376 Å². The van der Waals surface area contributed by atoms with Crippen LogP contribution in [0.4, 0.5) is 0 Å². The molecule has 7 atom stereocenters. The molecule has 4 unspecified atom stereocenters. The van der Waals surface area contributed by atoms with E-state index in [1.54, 1.807) is 0 Å². The minimum atomic E-state index is -4.96. The molecule has 17 nitrogen and oxygen atoms in total. The largest absolute Gasteiger partial charge is 0.472 e. The summed E-state index contributed by atoms with van der Waals surface area (Å²) in [5.41, 5.74) is 0. The van der Waals surface area contributed by atoms with Gasteiger partial charge in [0.05, 0.1) is 26.4 Å². The van der Waals surface area contributed by atoms with E-state index in [4.69, 9.17) is 37.0 Å². The van der Waals surface area contributed by atoms with Crippen LogP contribution in [0.1, 0.15) is 428 Å². The van der Waals surface area contributed by atoms with Crippen LogP contribution in [0.2, 0.25) is 0 Å². The zero-order valence-electron chi connectivity index (χ0n) is 67.2. The fourth-order valence-corrected chi connectivity index (χ4v) is 14.3. The van der Waals surface area contributed by atoms with Crippen molar-refractivity contribution < 1.29 is 80.2 Å². The zero-order chi connectivity index (χ0) is 75.3. The van der Waals surface area contributed by atoms with Crippen molar-refractivity contribution in [3.05, 3.63) is 0 Å². The second-order valence-electron chi connectivity index (χ2n) is 31.3. The first kappa shape index (κ1) is 100. The lowest BCUT2D eigenvalue weighted by atomic mass is 10.00. The zero-order valence-corrected chi connectivity index (χ0v) is 69.0. The van der Waals surface area contributed by atoms with Crippen molar-refractivity contribution in [2.45, 2.75) is 446 Å². The van der Waals surface area contributed by atoms with E-state index in [1.807, 2.05) is 0 Å². The Morgan fingerprint density at radius 1 is 0.275 bits per heavy atom. The summed E-state index contributed by atoms with van der Waals surface area (Å²) in [6.07, 6.45) is 60.0. The van der Waals surface area contributed by atoms with Crippen molar-refractivity contribution in [2.75, 3.05) is 39.6 Å². The number of esters is 4. The molecule has 0 aliphatic carbocycles. The molecule has 0 amide bonds. The smallest absolute Gasteiger partial charge is 0.462 e. The fraction of sp³-hybridized carbons (Fsp3) is 0.952. The van der Waals surface area contributed by atoms with Gasteiger partial charge in [0.25, 0.3) is 0 Å². The molecule has 0 rings (SSSR count). The SMILES string of the molecule is CCC(C)CCCCCCCCC(=O)OC[C@H](COP(=O)(O)OC[C@H](O)COP(=O)(O)OC[C@@H](COC(=O)CCCCCCCCCCCCCCCCCCCCC(C)C)OC(=O)CCCCCCCCC(C)CC)OC(=O)CCCCCCCCCCCCCCCCCCCCC(C)C. The van der Waals surface area contributed by atoms with E-state index >= 15 is 0 Å². The first-order valence-electron chi connectivity index (χ1n) is 42.8. The van der Waals surface area contributed by atoms with Gasteiger partial charge in [-0.15, -0.1) is 0 Å². The molecule has 3 N–H and O–H groups in total. The maximum Gasteiger partial charge on any atom is 0.472 e. The molecule has 0 saturated heterocycles. The summed E-state index contributed by atoms with van der Waals surface area (Å²) in [5, 5.41) is 10.6. The van der Waals surface area contributed by atoms with E-state index in [9.17, 15) is 43.2 Å². The molecule has 19 heteroatoms. The van der Waals surface area contributed by atoms with Crippen LogP contribution in [0, 0.1) is 23.7 Å². The number of hydrogen-bond acceptors (Lipinski definition) is 15. The van der Waals surface area contributed by atoms with Crippen LogP contribution in [0.3, 0.4) is 0 Å². The van der Waals surface area contributed by atoms with Crippen molar-refractivity contribution in [1.82, 2.24) is 0 Å². The van der Waals surface area contributed by atoms with Gasteiger partial charge in [-0.05, 0) is 49.4 Å². The van der Waals surface area contributed by atoms with Crippen LogP contribution in [0.5, 0.6) is 0 Å². The van der Waals surface area contributed by atoms with Gasteiger partial charge < -0.3 is 33.8 Å². The number of aliphatic hydroxyl groups is 1. The first-order valence-corrected chi connectivity index (χ1v) is 45.8. The molecule has 0 radical (unpaired) electrons. The highest BCUT2D eigenvalue weighted by Crippen LogP contribution is 2.45. The lowest BCUT2D eigenvalue weighted by Crippen LogP contribution is -2.30. The molecule has 0 aromatic carbocycles. The summed E-state index contributed by atoms with van der Waals surface area (Å²) < 4.78 is 68.7. The second kappa shape index (κ2) is 72.0. The number of phosphoric ester groups is 2. The van der Waals surface area contributed by atoms with Gasteiger partial charge in [0.2, 0.25) is 0 Å². The third-order valence-corrected chi connectivity index (χ3v) is 21.9. The number of ether oxygens (including phenoxy) is 4. The predicted octanol–water partition coefficient (Wildman–Crippen LogP) is 24.8. The second-order valence-corrected chi connectivity index (χ2v) is 34.2. The van der Waals surface area contributed by atoms with Crippen LogP contribution in [-0.2, 0) is 65.4 Å². The number of carbonyl (C=O) groups is 4. The molecule has 0 aromatic rings. The van der Waals surface area contributed by atoms with Gasteiger partial charge in [-0.2, -0.15) is 0 Å². The molecule has 0 aliphatic rings. The van der Waals surface area contributed by atoms with Crippen LogP contribution in [-0.4, -0.2) is 96.7 Å². The van der Waals surface area contributed by atoms with E-state index in [-0.39, 0.29) is 25.7 Å². The number of carbonyl (C=O) groups excluding carboxylic acids is 4. The Labute approximate surface area is 626 Å². The molecule has 0 spiro atoms. The molecular weight excluding hydrogens is 1330 g/mol. The minimum absolute atomic E-state index is 0.103. The Balaban J connectivity index is 5.12. The van der Waals surface area contributed by atoms with Crippen LogP contribution in [0.25, 0.3) is 0 Å². The van der Waals surface area contributed by atoms with E-state index in [0.717, 1.165) is 120 Å². The first-order chi connectivity index (χ1) is 49.2. The Bertz CT molecular complexity index is 1990. The molecule has 0 fully saturated rings. The Kier molecular flexibility index (Phi) is 70.6. The number of phosphoric acid groups is 2. The third-order valence-electron chi connectivity index (χ3n) is 20.0. The number of rotatable bonds is 80. The summed E-state index contributed by atoms with van der Waals surface area (Å²) >= 11 is 0. The monoisotopic (exact) mass is 1490 g/mol. The highest BCUT2D eigenvalue weighted by molar-refractivity contribution is 7.47. The van der Waals surface area contributed by atoms with Crippen molar-refractivity contribution >= 4 is 39.5 Å². The quantitative estimate of drug-likeness (QED) is 0.0222. The highest BCUT2D eigenvalue weighted by atomic mass is 31.2. The van der Waals surface area contributed by atoms with Crippen molar-refractivity contribution in [2.24, 2.45) is 23.7 Å². The maximum atomic E-state index is 13.1. The number of hydrogen-bond donors (Lipinski definition) is 3. The fourth-order valence-electron chi connectivity index (χ4n) is 12.7. The van der Waals surface area contributed by atoms with Gasteiger partial charge in [0.15, 0.2) is 12.2 Å². The highest BCUT2D eigenvalue weighted by Gasteiger charge is 2.30. The topological polar surface area (TPSA) is 237 Å². The lowest BCUT2D eigenvalue weighted by Gasteiger charge is -2.21. The van der Waals surface area contributed by atoms with Gasteiger partial charge in [-0.25, -0.2) is 9.13 Å². The van der Waals surface area contributed by atoms with E-state index in [0.29, 0.717) is 25.7 Å². The average molecular weight is 1490 g/mol. The van der Waals surface area contributed by atoms with Crippen LogP contribution in [0.15, 0.2) is 0 Å². The molecular formula is C83H162O17P2. The summed E-state index contributed by atoms with van der Waals surface area (Å²) in [6.45, 7) is 14.2. The molecule has 0 saturated carbocycles. The van der Waals surface area contributed by atoms with Gasteiger partial charge >= 0.3 is 39.5 Å². The Morgan fingerprint density at radius 2 is 0.471 bits per heavy atom. The van der Waals surface area contributed by atoms with Crippen molar-refractivity contribution in [3.8, 4) is 0 Å². The normalized spacial score (nSPS) is 14.5. The van der Waals surface area contributed by atoms with E-state index in [1.165, 1.54) is 225 Å². The van der Waals surface area contributed by atoms with E-state index in [2.05, 4.69) is 55.4 Å². The standard InChI is InChI=1S/C83H162O17P2/c1-9-75(7)61-53-45-39-41-48-56-64-81(86)94-70-78(99-82(87)65-57-49-38-34-30-26-22-18-14-12-16-20-24-28-32-36-44-52-60-74(5)6)71-97-101(89,90)95-67-77(84)68-96-102(91,92)98-72-79(100-83(88)66-58-50-42-40-46-54-62-76(8)10-2)69-93-80(85)63-55-47-37-33-29-25-21-17-13-11-15-19-23-27-31-35-43-51-59-73(3)4/h73-79,84H,9-72H2,1-8H3,(H,89,90)(H,91,92)/t75?,76?,77-,78+,79+/m0/s1.